The number of hydrogen-bond acceptors (Lipinski definition) is 4. The van der Waals surface area contributed by atoms with Gasteiger partial charge in [-0.2, -0.15) is 0 Å². The molecule has 0 saturated carbocycles. The molecule has 0 aliphatic rings. The van der Waals surface area contributed by atoms with Crippen molar-refractivity contribution in [1.82, 2.24) is 0 Å². The highest BCUT2D eigenvalue weighted by atomic mass is 28.4. The summed E-state index contributed by atoms with van der Waals surface area (Å²) in [7, 11) is -2.90. The molecule has 1 aromatic rings. The molecule has 0 N–H and O–H groups in total. The lowest BCUT2D eigenvalue weighted by Crippen LogP contribution is -2.47. The van der Waals surface area contributed by atoms with Crippen LogP contribution in [0.3, 0.4) is 0 Å². The molecule has 0 atom stereocenters. The van der Waals surface area contributed by atoms with E-state index in [1.54, 1.807) is 0 Å². The van der Waals surface area contributed by atoms with Gasteiger partial charge in [0.2, 0.25) is 0 Å². The van der Waals surface area contributed by atoms with Crippen molar-refractivity contribution in [3.8, 4) is 0 Å². The highest BCUT2D eigenvalue weighted by Gasteiger charge is 2.43. The van der Waals surface area contributed by atoms with Crippen LogP contribution in [-0.2, 0) is 24.5 Å². The van der Waals surface area contributed by atoms with Crippen molar-refractivity contribution in [3.63, 3.8) is 0 Å². The molecule has 5 heteroatoms. The number of carbonyl (C=O) groups is 1. The summed E-state index contributed by atoms with van der Waals surface area (Å²) in [6.45, 7) is 9.88. The maximum Gasteiger partial charge on any atom is 0.567 e. The van der Waals surface area contributed by atoms with Crippen LogP contribution in [0, 0.1) is 0 Å². The van der Waals surface area contributed by atoms with Crippen LogP contribution in [-0.4, -0.2) is 28.0 Å². The van der Waals surface area contributed by atoms with Crippen molar-refractivity contribution in [2.75, 3.05) is 13.2 Å². The molecular weight excluding hydrogens is 296 g/mol. The summed E-state index contributed by atoms with van der Waals surface area (Å²) in [5.74, 6) is -0.344. The van der Waals surface area contributed by atoms with E-state index >= 15 is 0 Å². The summed E-state index contributed by atoms with van der Waals surface area (Å²) >= 11 is 0. The normalized spacial score (nSPS) is 11.2. The Morgan fingerprint density at radius 1 is 1.18 bits per heavy atom. The topological polar surface area (TPSA) is 44.8 Å². The maximum absolute atomic E-state index is 11.4. The van der Waals surface area contributed by atoms with Gasteiger partial charge in [0.1, 0.15) is 0 Å². The third kappa shape index (κ3) is 6.13. The van der Waals surface area contributed by atoms with Gasteiger partial charge < -0.3 is 13.3 Å². The van der Waals surface area contributed by atoms with Gasteiger partial charge >= 0.3 is 8.80 Å². The summed E-state index contributed by atoms with van der Waals surface area (Å²) in [5.41, 5.74) is 2.35. The lowest BCUT2D eigenvalue weighted by molar-refractivity contribution is -0.136. The number of carbonyl (C=O) groups excluding carboxylic acids is 1. The lowest BCUT2D eigenvalue weighted by Gasteiger charge is -2.27. The number of aryl methyl sites for hydroxylation is 1. The van der Waals surface area contributed by atoms with Gasteiger partial charge in [-0.1, -0.05) is 36.9 Å². The highest BCUT2D eigenvalue weighted by Crippen LogP contribution is 2.20. The van der Waals surface area contributed by atoms with Crippen LogP contribution < -0.4 is 0 Å². The Kier molecular flexibility index (Phi) is 8.09. The first-order valence-corrected chi connectivity index (χ1v) is 9.67. The van der Waals surface area contributed by atoms with Gasteiger partial charge in [-0.05, 0) is 37.8 Å². The molecule has 22 heavy (non-hydrogen) atoms. The predicted octanol–water partition coefficient (Wildman–Crippen LogP) is 3.84. The van der Waals surface area contributed by atoms with E-state index in [1.807, 2.05) is 32.1 Å². The Hall–Kier alpha value is -1.43. The molecule has 0 heterocycles. The number of hydrogen-bond donors (Lipinski definition) is 0. The molecule has 0 spiro atoms. The van der Waals surface area contributed by atoms with Crippen LogP contribution in [0.25, 0.3) is 6.08 Å². The number of rotatable bonds is 10. The molecule has 0 saturated heterocycles. The summed E-state index contributed by atoms with van der Waals surface area (Å²) in [6, 6.07) is 8.91. The van der Waals surface area contributed by atoms with E-state index in [1.165, 1.54) is 12.5 Å². The van der Waals surface area contributed by atoms with Crippen molar-refractivity contribution in [2.45, 2.75) is 39.7 Å². The molecule has 1 aromatic carbocycles. The summed E-state index contributed by atoms with van der Waals surface area (Å²) in [4.78, 5) is 11.4. The summed E-state index contributed by atoms with van der Waals surface area (Å²) in [6.07, 6.45) is 3.58. The van der Waals surface area contributed by atoms with E-state index in [-0.39, 0.29) is 5.97 Å². The van der Waals surface area contributed by atoms with Gasteiger partial charge in [0.15, 0.2) is 0 Å². The Balaban J connectivity index is 2.64. The summed E-state index contributed by atoms with van der Waals surface area (Å²) in [5, 5.41) is 0. The monoisotopic (exact) mass is 322 g/mol. The molecule has 0 fully saturated rings. The van der Waals surface area contributed by atoms with Crippen LogP contribution in [0.2, 0.25) is 6.04 Å². The molecule has 1 rings (SSSR count). The quantitative estimate of drug-likeness (QED) is 0.614. The standard InChI is InChI=1S/C17H26O4Si/c1-5-16-10-12-17(13-11-16)9-8-14-22(19-6-2,20-7-3)21-15(4)18/h5,10-13H,1,6-9,14H2,2-4H3. The van der Waals surface area contributed by atoms with Crippen molar-refractivity contribution in [3.05, 3.63) is 42.0 Å². The van der Waals surface area contributed by atoms with Crippen molar-refractivity contribution < 1.29 is 18.1 Å². The minimum absolute atomic E-state index is 0.344. The predicted molar refractivity (Wildman–Crippen MR) is 90.4 cm³/mol. The first kappa shape index (κ1) is 18.6. The Morgan fingerprint density at radius 3 is 2.23 bits per heavy atom. The fraction of sp³-hybridized carbons (Fsp3) is 0.471. The van der Waals surface area contributed by atoms with E-state index in [2.05, 4.69) is 18.7 Å². The van der Waals surface area contributed by atoms with Gasteiger partial charge in [0.25, 0.3) is 5.97 Å². The molecule has 0 bridgehead atoms. The first-order valence-electron chi connectivity index (χ1n) is 7.74. The minimum atomic E-state index is -2.90. The first-order chi connectivity index (χ1) is 10.5. The minimum Gasteiger partial charge on any atom is -0.473 e. The SMILES string of the molecule is C=Cc1ccc(CCC[Si](OCC)(OCC)OC(C)=O)cc1. The van der Waals surface area contributed by atoms with Crippen LogP contribution >= 0.6 is 0 Å². The van der Waals surface area contributed by atoms with Gasteiger partial charge in [0, 0.05) is 26.2 Å². The third-order valence-corrected chi connectivity index (χ3v) is 6.21. The highest BCUT2D eigenvalue weighted by molar-refractivity contribution is 6.62. The number of benzene rings is 1. The molecule has 0 aliphatic carbocycles. The van der Waals surface area contributed by atoms with Gasteiger partial charge in [-0.3, -0.25) is 4.79 Å². The van der Waals surface area contributed by atoms with Crippen LogP contribution in [0.15, 0.2) is 30.8 Å². The Morgan fingerprint density at radius 2 is 1.77 bits per heavy atom. The molecule has 4 nitrogen and oxygen atoms in total. The van der Waals surface area contributed by atoms with Crippen LogP contribution in [0.4, 0.5) is 0 Å². The molecule has 0 radical (unpaired) electrons. The van der Waals surface area contributed by atoms with Gasteiger partial charge in [-0.25, -0.2) is 0 Å². The second-order valence-electron chi connectivity index (χ2n) is 4.94. The Bertz CT molecular complexity index is 464. The zero-order valence-electron chi connectivity index (χ0n) is 13.8. The summed E-state index contributed by atoms with van der Waals surface area (Å²) < 4.78 is 16.9. The van der Waals surface area contributed by atoms with E-state index in [9.17, 15) is 4.79 Å². The Labute approximate surface area is 134 Å². The smallest absolute Gasteiger partial charge is 0.473 e. The van der Waals surface area contributed by atoms with Crippen molar-refractivity contribution >= 4 is 20.8 Å². The van der Waals surface area contributed by atoms with Gasteiger partial charge in [0.05, 0.1) is 0 Å². The van der Waals surface area contributed by atoms with Crippen LogP contribution in [0.5, 0.6) is 0 Å². The average molecular weight is 322 g/mol. The average Bonchev–Trinajstić information content (AvgIpc) is 2.48. The fourth-order valence-electron chi connectivity index (χ4n) is 2.28. The third-order valence-electron chi connectivity index (χ3n) is 3.19. The molecule has 122 valence electrons. The molecular formula is C17H26O4Si. The molecule has 0 aromatic heterocycles. The van der Waals surface area contributed by atoms with Crippen molar-refractivity contribution in [2.24, 2.45) is 0 Å². The van der Waals surface area contributed by atoms with Crippen molar-refractivity contribution in [1.29, 1.82) is 0 Å². The van der Waals surface area contributed by atoms with E-state index in [0.29, 0.717) is 19.3 Å². The van der Waals surface area contributed by atoms with Gasteiger partial charge in [-0.15, -0.1) is 0 Å². The van der Waals surface area contributed by atoms with Crippen LogP contribution in [0.1, 0.15) is 38.3 Å². The second-order valence-corrected chi connectivity index (χ2v) is 7.59. The zero-order valence-corrected chi connectivity index (χ0v) is 14.8. The van der Waals surface area contributed by atoms with E-state index in [0.717, 1.165) is 18.4 Å². The molecule has 0 aliphatic heterocycles. The maximum atomic E-state index is 11.4. The molecule has 0 unspecified atom stereocenters. The lowest BCUT2D eigenvalue weighted by atomic mass is 10.1. The fourth-order valence-corrected chi connectivity index (χ4v) is 4.80. The van der Waals surface area contributed by atoms with E-state index < -0.39 is 8.80 Å². The second kappa shape index (κ2) is 9.56. The zero-order chi connectivity index (χ0) is 16.4. The van der Waals surface area contributed by atoms with E-state index in [4.69, 9.17) is 13.3 Å². The largest absolute Gasteiger partial charge is 0.567 e. The molecule has 0 amide bonds.